The molecular weight excluding hydrogens is 270 g/mol. The summed E-state index contributed by atoms with van der Waals surface area (Å²) in [5, 5.41) is 22.4. The number of aliphatic hydroxyl groups excluding tert-OH is 1. The number of nitrogens with zero attached hydrogens (tertiary/aromatic N) is 1. The van der Waals surface area contributed by atoms with E-state index >= 15 is 0 Å². The van der Waals surface area contributed by atoms with Crippen LogP contribution in [-0.2, 0) is 14.3 Å². The van der Waals surface area contributed by atoms with Gasteiger partial charge in [0.25, 0.3) is 0 Å². The number of carbonyl (C=O) groups is 3. The molecule has 1 rings (SSSR count). The van der Waals surface area contributed by atoms with Gasteiger partial charge < -0.3 is 30.5 Å². The van der Waals surface area contributed by atoms with E-state index < -0.39 is 24.1 Å². The number of morpholine rings is 1. The molecule has 1 heterocycles. The highest BCUT2D eigenvalue weighted by atomic mass is 16.5. The lowest BCUT2D eigenvalue weighted by atomic mass is 10.2. The topological polar surface area (TPSA) is 128 Å². The number of hydrogen-bond acceptors (Lipinski definition) is 5. The Labute approximate surface area is 115 Å². The van der Waals surface area contributed by atoms with Crippen molar-refractivity contribution in [1.29, 1.82) is 0 Å². The molecule has 0 bridgehead atoms. The van der Waals surface area contributed by atoms with E-state index in [1.165, 1.54) is 11.9 Å². The Morgan fingerprint density at radius 1 is 1.45 bits per heavy atom. The number of urea groups is 1. The molecule has 114 valence electrons. The SMILES string of the molecule is CNC(=O)C1COCCN1C(=O)N[C@H](CCO)C(=O)O. The van der Waals surface area contributed by atoms with Gasteiger partial charge in [-0.15, -0.1) is 0 Å². The van der Waals surface area contributed by atoms with Crippen LogP contribution in [0.5, 0.6) is 0 Å². The summed E-state index contributed by atoms with van der Waals surface area (Å²) >= 11 is 0. The number of carbonyl (C=O) groups excluding carboxylic acids is 2. The Kier molecular flexibility index (Phi) is 6.19. The van der Waals surface area contributed by atoms with Crippen LogP contribution < -0.4 is 10.6 Å². The minimum Gasteiger partial charge on any atom is -0.480 e. The second-order valence-electron chi connectivity index (χ2n) is 4.25. The van der Waals surface area contributed by atoms with E-state index in [2.05, 4.69) is 10.6 Å². The van der Waals surface area contributed by atoms with Crippen molar-refractivity contribution < 1.29 is 29.3 Å². The first-order valence-electron chi connectivity index (χ1n) is 6.21. The second-order valence-corrected chi connectivity index (χ2v) is 4.25. The molecule has 9 heteroatoms. The normalized spacial score (nSPS) is 20.1. The third kappa shape index (κ3) is 4.07. The lowest BCUT2D eigenvalue weighted by molar-refractivity contribution is -0.139. The fraction of sp³-hybridized carbons (Fsp3) is 0.727. The van der Waals surface area contributed by atoms with Crippen molar-refractivity contribution in [3.63, 3.8) is 0 Å². The van der Waals surface area contributed by atoms with Crippen molar-refractivity contribution in [2.24, 2.45) is 0 Å². The third-order valence-electron chi connectivity index (χ3n) is 2.95. The molecule has 0 aromatic rings. The van der Waals surface area contributed by atoms with Crippen molar-refractivity contribution in [3.05, 3.63) is 0 Å². The second kappa shape index (κ2) is 7.65. The molecule has 1 unspecified atom stereocenters. The Morgan fingerprint density at radius 3 is 2.70 bits per heavy atom. The lowest BCUT2D eigenvalue weighted by Gasteiger charge is -2.34. The van der Waals surface area contributed by atoms with Crippen LogP contribution in [0, 0.1) is 0 Å². The lowest BCUT2D eigenvalue weighted by Crippen LogP contribution is -2.59. The van der Waals surface area contributed by atoms with Crippen molar-refractivity contribution in [1.82, 2.24) is 15.5 Å². The van der Waals surface area contributed by atoms with Gasteiger partial charge in [-0.25, -0.2) is 9.59 Å². The van der Waals surface area contributed by atoms with Gasteiger partial charge in [-0.3, -0.25) is 4.79 Å². The summed E-state index contributed by atoms with van der Waals surface area (Å²) in [4.78, 5) is 35.9. The number of carboxylic acid groups (broad SMARTS) is 1. The van der Waals surface area contributed by atoms with Gasteiger partial charge in [0.15, 0.2) is 0 Å². The van der Waals surface area contributed by atoms with Crippen LogP contribution in [0.3, 0.4) is 0 Å². The largest absolute Gasteiger partial charge is 0.480 e. The summed E-state index contributed by atoms with van der Waals surface area (Å²) in [6, 6.07) is -2.65. The molecular formula is C11H19N3O6. The van der Waals surface area contributed by atoms with Crippen LogP contribution in [0.1, 0.15) is 6.42 Å². The smallest absolute Gasteiger partial charge is 0.326 e. The quantitative estimate of drug-likeness (QED) is 0.462. The molecule has 0 radical (unpaired) electrons. The van der Waals surface area contributed by atoms with Crippen LogP contribution in [-0.4, -0.2) is 78.5 Å². The summed E-state index contributed by atoms with van der Waals surface area (Å²) in [6.45, 7) is 0.165. The fourth-order valence-electron chi connectivity index (χ4n) is 1.85. The summed E-state index contributed by atoms with van der Waals surface area (Å²) in [5.41, 5.74) is 0. The van der Waals surface area contributed by atoms with Crippen molar-refractivity contribution in [2.45, 2.75) is 18.5 Å². The van der Waals surface area contributed by atoms with Crippen LogP contribution in [0.2, 0.25) is 0 Å². The number of hydrogen-bond donors (Lipinski definition) is 4. The molecule has 0 spiro atoms. The Hall–Kier alpha value is -1.87. The third-order valence-corrected chi connectivity index (χ3v) is 2.95. The van der Waals surface area contributed by atoms with Crippen LogP contribution in [0.4, 0.5) is 4.79 Å². The van der Waals surface area contributed by atoms with Gasteiger partial charge in [-0.05, 0) is 0 Å². The number of likely N-dealkylation sites (N-methyl/N-ethyl adjacent to an activating group) is 1. The predicted octanol–water partition coefficient (Wildman–Crippen LogP) is -2.02. The number of rotatable bonds is 5. The number of aliphatic carboxylic acids is 1. The molecule has 1 aliphatic rings. The van der Waals surface area contributed by atoms with E-state index in [1.54, 1.807) is 0 Å². The molecule has 0 aliphatic carbocycles. The van der Waals surface area contributed by atoms with Gasteiger partial charge in [0.1, 0.15) is 12.1 Å². The van der Waals surface area contributed by atoms with Gasteiger partial charge >= 0.3 is 12.0 Å². The van der Waals surface area contributed by atoms with Gasteiger partial charge in [0.2, 0.25) is 5.91 Å². The zero-order valence-electron chi connectivity index (χ0n) is 11.2. The molecule has 9 nitrogen and oxygen atoms in total. The molecule has 3 amide bonds. The first kappa shape index (κ1) is 16.2. The highest BCUT2D eigenvalue weighted by Gasteiger charge is 2.33. The number of amides is 3. The first-order chi connectivity index (χ1) is 9.51. The molecule has 0 aromatic heterocycles. The molecule has 2 atom stereocenters. The highest BCUT2D eigenvalue weighted by Crippen LogP contribution is 2.08. The summed E-state index contributed by atoms with van der Waals surface area (Å²) in [6.07, 6.45) is -0.101. The van der Waals surface area contributed by atoms with Crippen LogP contribution in [0.25, 0.3) is 0 Å². The van der Waals surface area contributed by atoms with Crippen LogP contribution in [0.15, 0.2) is 0 Å². The van der Waals surface area contributed by atoms with E-state index in [0.29, 0.717) is 0 Å². The maximum absolute atomic E-state index is 12.1. The Balaban J connectivity index is 2.71. The van der Waals surface area contributed by atoms with E-state index in [0.717, 1.165) is 0 Å². The minimum atomic E-state index is -1.24. The summed E-state index contributed by atoms with van der Waals surface area (Å²) < 4.78 is 5.15. The zero-order valence-corrected chi connectivity index (χ0v) is 11.2. The maximum Gasteiger partial charge on any atom is 0.326 e. The summed E-state index contributed by atoms with van der Waals surface area (Å²) in [5.74, 6) is -1.62. The standard InChI is InChI=1S/C11H19N3O6/c1-12-9(16)8-6-20-5-3-14(8)11(19)13-7(2-4-15)10(17)18/h7-8,15H,2-6H2,1H3,(H,12,16)(H,13,19)(H,17,18)/t7-,8?/m1/s1. The van der Waals surface area contributed by atoms with Crippen molar-refractivity contribution in [2.75, 3.05) is 33.4 Å². The number of aliphatic hydroxyl groups is 1. The van der Waals surface area contributed by atoms with Crippen molar-refractivity contribution in [3.8, 4) is 0 Å². The van der Waals surface area contributed by atoms with Crippen LogP contribution >= 0.6 is 0 Å². The molecule has 1 fully saturated rings. The molecule has 0 aromatic carbocycles. The predicted molar refractivity (Wildman–Crippen MR) is 67.0 cm³/mol. The van der Waals surface area contributed by atoms with E-state index in [4.69, 9.17) is 14.9 Å². The molecule has 1 aliphatic heterocycles. The van der Waals surface area contributed by atoms with Gasteiger partial charge in [0.05, 0.1) is 13.2 Å². The fourth-order valence-corrected chi connectivity index (χ4v) is 1.85. The Morgan fingerprint density at radius 2 is 2.15 bits per heavy atom. The average Bonchev–Trinajstić information content (AvgIpc) is 2.45. The molecule has 0 saturated carbocycles. The Bertz CT molecular complexity index is 375. The van der Waals surface area contributed by atoms with Crippen molar-refractivity contribution >= 4 is 17.9 Å². The minimum absolute atomic E-state index is 0.0603. The highest BCUT2D eigenvalue weighted by molar-refractivity contribution is 5.89. The average molecular weight is 289 g/mol. The number of carboxylic acids is 1. The monoisotopic (exact) mass is 289 g/mol. The van der Waals surface area contributed by atoms with E-state index in [-0.39, 0.29) is 38.7 Å². The zero-order chi connectivity index (χ0) is 15.1. The molecule has 20 heavy (non-hydrogen) atoms. The van der Waals surface area contributed by atoms with E-state index in [9.17, 15) is 14.4 Å². The van der Waals surface area contributed by atoms with Gasteiger partial charge in [0, 0.05) is 26.6 Å². The first-order valence-corrected chi connectivity index (χ1v) is 6.21. The molecule has 1 saturated heterocycles. The summed E-state index contributed by atoms with van der Waals surface area (Å²) in [7, 11) is 1.44. The maximum atomic E-state index is 12.1. The number of ether oxygens (including phenoxy) is 1. The number of nitrogens with one attached hydrogen (secondary N) is 2. The molecule has 4 N–H and O–H groups in total. The van der Waals surface area contributed by atoms with E-state index in [1.807, 2.05) is 0 Å². The van der Waals surface area contributed by atoms with Gasteiger partial charge in [-0.1, -0.05) is 0 Å². The van der Waals surface area contributed by atoms with Gasteiger partial charge in [-0.2, -0.15) is 0 Å².